The van der Waals surface area contributed by atoms with Crippen molar-refractivity contribution in [1.29, 1.82) is 0 Å². The fraction of sp³-hybridized carbons (Fsp3) is 0.343. The van der Waals surface area contributed by atoms with E-state index in [9.17, 15) is 4.79 Å². The van der Waals surface area contributed by atoms with Gasteiger partial charge in [-0.2, -0.15) is 25.3 Å². The second-order valence-electron chi connectivity index (χ2n) is 10.3. The summed E-state index contributed by atoms with van der Waals surface area (Å²) in [5.74, 6) is 4.10. The molecule has 0 fully saturated rings. The van der Waals surface area contributed by atoms with Crippen LogP contribution in [0.3, 0.4) is 0 Å². The van der Waals surface area contributed by atoms with E-state index in [1.54, 1.807) is 23.5 Å². The summed E-state index contributed by atoms with van der Waals surface area (Å²) in [6.45, 7) is 4.51. The van der Waals surface area contributed by atoms with Crippen molar-refractivity contribution in [3.63, 3.8) is 0 Å². The topological polar surface area (TPSA) is 26.3 Å². The first-order chi connectivity index (χ1) is 25.4. The maximum Gasteiger partial charge on any atom is 0.306 e. The number of rotatable bonds is 18. The average molecular weight is 972 g/mol. The van der Waals surface area contributed by atoms with Crippen LogP contribution < -0.4 is 0 Å². The average Bonchev–Trinajstić information content (AvgIpc) is 3.96. The quantitative estimate of drug-likeness (QED) is 0.108. The molecule has 1 aromatic carbocycles. The Morgan fingerprint density at radius 3 is 1.56 bits per heavy atom. The molecule has 280 valence electrons. The zero-order valence-electron chi connectivity index (χ0n) is 28.8. The number of allylic oxidation sites excluding steroid dienone is 5. The first-order valence-electron chi connectivity index (χ1n) is 16.0. The predicted octanol–water partition coefficient (Wildman–Crippen LogP) is 15.8. The molecule has 1 aromatic rings. The van der Waals surface area contributed by atoms with E-state index < -0.39 is 0 Å². The third-order valence-corrected chi connectivity index (χ3v) is 25.3. The maximum absolute atomic E-state index is 11.7. The Morgan fingerprint density at radius 2 is 1.06 bits per heavy atom. The molecule has 0 N–H and O–H groups in total. The van der Waals surface area contributed by atoms with Crippen molar-refractivity contribution in [3.8, 4) is 0 Å². The molecule has 2 nitrogen and oxygen atoms in total. The van der Waals surface area contributed by atoms with Gasteiger partial charge in [-0.25, -0.2) is 0 Å². The van der Waals surface area contributed by atoms with Crippen molar-refractivity contribution in [1.82, 2.24) is 0 Å². The van der Waals surface area contributed by atoms with E-state index in [1.807, 2.05) is 136 Å². The van der Waals surface area contributed by atoms with Gasteiger partial charge in [-0.3, -0.25) is 4.79 Å². The zero-order valence-corrected chi connectivity index (χ0v) is 41.2. The van der Waals surface area contributed by atoms with Gasteiger partial charge in [0.1, 0.15) is 0 Å². The van der Waals surface area contributed by atoms with Crippen molar-refractivity contribution in [2.75, 3.05) is 36.4 Å². The molecule has 0 aliphatic carbocycles. The molecule has 0 radical (unpaired) electrons. The summed E-state index contributed by atoms with van der Waals surface area (Å²) in [7, 11) is 0. The van der Waals surface area contributed by atoms with Gasteiger partial charge in [-0.05, 0) is 61.3 Å². The fourth-order valence-electron chi connectivity index (χ4n) is 4.34. The van der Waals surface area contributed by atoms with Crippen molar-refractivity contribution < 1.29 is 9.53 Å². The number of thiol groups is 2. The molecule has 4 aliphatic rings. The number of ether oxygens (including phenoxy) is 1. The van der Waals surface area contributed by atoms with Crippen LogP contribution in [-0.4, -0.2) is 42.3 Å². The lowest BCUT2D eigenvalue weighted by Crippen LogP contribution is -2.04. The van der Waals surface area contributed by atoms with Crippen molar-refractivity contribution in [2.45, 2.75) is 38.2 Å². The number of carbonyl (C=O) groups excluding carboxylic acids is 1. The molecule has 0 atom stereocenters. The monoisotopic (exact) mass is 970 g/mol. The van der Waals surface area contributed by atoms with Gasteiger partial charge in [0.05, 0.1) is 46.9 Å². The molecule has 4 heterocycles. The first kappa shape index (κ1) is 45.0. The number of benzene rings is 1. The summed E-state index contributed by atoms with van der Waals surface area (Å²) in [4.78, 5) is 15.9. The molecule has 0 bridgehead atoms. The second kappa shape index (κ2) is 24.1. The minimum Gasteiger partial charge on any atom is -0.466 e. The van der Waals surface area contributed by atoms with Crippen molar-refractivity contribution in [3.05, 3.63) is 113 Å². The standard InChI is InChI=1S/C35H38O2S15/c1-5-23-24(17-38)46-27(45-23)11-13-30-50-33(41-4)35(52-30)44-20-22-9-7-21(8-10-22)19-43-31-25(18-39)47-28(48-31)12-14-29-49-32(40-3)34(51-29)42-16-15-26(36)37-6-2/h7-14,38-39H,5-6,15-20H2,1-4H3/b27-11+,28-12-,29-14-,30-13-. The van der Waals surface area contributed by atoms with Gasteiger partial charge in [-0.15, -0.1) is 58.8 Å². The van der Waals surface area contributed by atoms with Crippen LogP contribution >= 0.6 is 178 Å². The molecular weight excluding hydrogens is 933 g/mol. The lowest BCUT2D eigenvalue weighted by atomic mass is 10.2. The largest absolute Gasteiger partial charge is 0.466 e. The summed E-state index contributed by atoms with van der Waals surface area (Å²) in [6.07, 6.45) is 14.9. The third kappa shape index (κ3) is 13.7. The maximum atomic E-state index is 11.7. The molecule has 0 amide bonds. The van der Waals surface area contributed by atoms with E-state index in [2.05, 4.69) is 93.3 Å². The van der Waals surface area contributed by atoms with Crippen molar-refractivity contribution in [2.24, 2.45) is 0 Å². The minimum absolute atomic E-state index is 0.123. The van der Waals surface area contributed by atoms with E-state index in [-0.39, 0.29) is 5.97 Å². The number of carbonyl (C=O) groups is 1. The lowest BCUT2D eigenvalue weighted by Gasteiger charge is -2.06. The van der Waals surface area contributed by atoms with Gasteiger partial charge < -0.3 is 4.74 Å². The molecule has 0 aromatic heterocycles. The summed E-state index contributed by atoms with van der Waals surface area (Å²) in [5.41, 5.74) is 2.70. The first-order valence-corrected chi connectivity index (χ1v) is 29.2. The molecule has 52 heavy (non-hydrogen) atoms. The molecule has 5 rings (SSSR count). The lowest BCUT2D eigenvalue weighted by molar-refractivity contribution is -0.142. The Balaban J connectivity index is 1.07. The number of hydrogen-bond donors (Lipinski definition) is 2. The number of esters is 1. The van der Waals surface area contributed by atoms with E-state index in [4.69, 9.17) is 4.74 Å². The number of hydrogen-bond acceptors (Lipinski definition) is 17. The Morgan fingerprint density at radius 1 is 0.615 bits per heavy atom. The molecule has 17 heteroatoms. The highest BCUT2D eigenvalue weighted by Gasteiger charge is 2.24. The van der Waals surface area contributed by atoms with Gasteiger partial charge in [0.15, 0.2) is 0 Å². The molecule has 0 saturated heterocycles. The van der Waals surface area contributed by atoms with Crippen LogP contribution in [-0.2, 0) is 21.0 Å². The van der Waals surface area contributed by atoms with Crippen LogP contribution in [0.4, 0.5) is 0 Å². The molecule has 0 unspecified atom stereocenters. The van der Waals surface area contributed by atoms with Crippen LogP contribution in [0.1, 0.15) is 37.8 Å². The summed E-state index contributed by atoms with van der Waals surface area (Å²) in [6, 6.07) is 9.16. The van der Waals surface area contributed by atoms with Crippen LogP contribution in [0.25, 0.3) is 0 Å². The summed E-state index contributed by atoms with van der Waals surface area (Å²) < 4.78 is 17.1. The predicted molar refractivity (Wildman–Crippen MR) is 269 cm³/mol. The van der Waals surface area contributed by atoms with Gasteiger partial charge >= 0.3 is 5.97 Å². The Bertz CT molecular complexity index is 1700. The minimum atomic E-state index is -0.123. The Labute approximate surface area is 376 Å². The van der Waals surface area contributed by atoms with Gasteiger partial charge in [0, 0.05) is 47.7 Å². The van der Waals surface area contributed by atoms with E-state index in [0.29, 0.717) is 13.0 Å². The van der Waals surface area contributed by atoms with E-state index >= 15 is 0 Å². The SMILES string of the molecule is CCOC(=O)CCSC1=C(SC)S/C(=C/C=C2/SC(CS)=C(SCc3ccc(CSC4=C(SC)S/C(=C/C=C5\SC(CC)=C(CS)S5)S4)cc3)S2)S1. The summed E-state index contributed by atoms with van der Waals surface area (Å²) >= 11 is 33.4. The molecule has 4 aliphatic heterocycles. The molecular formula is C35H38O2S15. The fourth-order valence-corrected chi connectivity index (χ4v) is 22.1. The molecule has 0 spiro atoms. The van der Waals surface area contributed by atoms with E-state index in [1.165, 1.54) is 64.0 Å². The Hall–Kier alpha value is 1.86. The van der Waals surface area contributed by atoms with Gasteiger partial charge in [0.25, 0.3) is 0 Å². The van der Waals surface area contributed by atoms with Crippen LogP contribution in [0, 0.1) is 0 Å². The smallest absolute Gasteiger partial charge is 0.306 e. The summed E-state index contributed by atoms with van der Waals surface area (Å²) in [5, 5.41) is 0. The van der Waals surface area contributed by atoms with Crippen LogP contribution in [0.2, 0.25) is 0 Å². The second-order valence-corrected chi connectivity index (χ2v) is 26.7. The highest BCUT2D eigenvalue weighted by Crippen LogP contribution is 2.59. The van der Waals surface area contributed by atoms with E-state index in [0.717, 1.165) is 35.2 Å². The third-order valence-electron chi connectivity index (χ3n) is 6.81. The van der Waals surface area contributed by atoms with Crippen molar-refractivity contribution >= 4 is 184 Å². The zero-order chi connectivity index (χ0) is 36.9. The Kier molecular flexibility index (Phi) is 20.8. The highest BCUT2D eigenvalue weighted by molar-refractivity contribution is 8.41. The van der Waals surface area contributed by atoms with Gasteiger partial charge in [-0.1, -0.05) is 125 Å². The van der Waals surface area contributed by atoms with Crippen LogP contribution in [0.5, 0.6) is 0 Å². The van der Waals surface area contributed by atoms with Crippen LogP contribution in [0.15, 0.2) is 101 Å². The highest BCUT2D eigenvalue weighted by atomic mass is 32.3. The number of thioether (sulfide) groups is 13. The van der Waals surface area contributed by atoms with Gasteiger partial charge in [0.2, 0.25) is 0 Å². The molecule has 0 saturated carbocycles. The normalized spacial score (nSPS) is 21.2.